The summed E-state index contributed by atoms with van der Waals surface area (Å²) >= 11 is 0. The van der Waals surface area contributed by atoms with E-state index in [4.69, 9.17) is 14.6 Å². The maximum Gasteiger partial charge on any atom is 0.339 e. The van der Waals surface area contributed by atoms with E-state index >= 15 is 0 Å². The molecule has 2 rings (SSSR count). The van der Waals surface area contributed by atoms with Crippen LogP contribution in [-0.4, -0.2) is 30.7 Å². The molecule has 1 amide bonds. The molecule has 22 heavy (non-hydrogen) atoms. The number of carboxylic acids is 1. The van der Waals surface area contributed by atoms with Crippen LogP contribution in [0.2, 0.25) is 0 Å². The van der Waals surface area contributed by atoms with Crippen molar-refractivity contribution in [2.45, 2.75) is 0 Å². The molecule has 2 aromatic carbocycles. The van der Waals surface area contributed by atoms with Gasteiger partial charge in [0.2, 0.25) is 0 Å². The van der Waals surface area contributed by atoms with Gasteiger partial charge in [0.05, 0.1) is 7.11 Å². The zero-order valence-electron chi connectivity index (χ0n) is 11.9. The second-order valence-electron chi connectivity index (χ2n) is 4.37. The number of carbonyl (C=O) groups is 2. The molecule has 0 heterocycles. The summed E-state index contributed by atoms with van der Waals surface area (Å²) in [7, 11) is 1.46. The molecule has 0 radical (unpaired) electrons. The molecule has 2 aromatic rings. The van der Waals surface area contributed by atoms with Crippen LogP contribution >= 0.6 is 0 Å². The van der Waals surface area contributed by atoms with Crippen molar-refractivity contribution in [2.75, 3.05) is 19.0 Å². The number of nitrogens with one attached hydrogen (secondary N) is 1. The van der Waals surface area contributed by atoms with E-state index in [9.17, 15) is 9.59 Å². The van der Waals surface area contributed by atoms with Crippen molar-refractivity contribution < 1.29 is 24.2 Å². The number of methoxy groups -OCH3 is 1. The molecular formula is C16H15NO5. The van der Waals surface area contributed by atoms with E-state index in [-0.39, 0.29) is 23.8 Å². The minimum atomic E-state index is -1.14. The molecule has 0 fully saturated rings. The first-order chi connectivity index (χ1) is 10.6. The second kappa shape index (κ2) is 7.12. The maximum atomic E-state index is 11.8. The highest BCUT2D eigenvalue weighted by molar-refractivity contribution is 5.93. The summed E-state index contributed by atoms with van der Waals surface area (Å²) in [6.45, 7) is -0.303. The predicted molar refractivity (Wildman–Crippen MR) is 80.5 cm³/mol. The zero-order chi connectivity index (χ0) is 15.9. The van der Waals surface area contributed by atoms with E-state index in [0.717, 1.165) is 0 Å². The van der Waals surface area contributed by atoms with Gasteiger partial charge < -0.3 is 19.9 Å². The van der Waals surface area contributed by atoms with Gasteiger partial charge in [0.1, 0.15) is 17.1 Å². The third-order valence-corrected chi connectivity index (χ3v) is 2.84. The lowest BCUT2D eigenvalue weighted by Gasteiger charge is -2.11. The van der Waals surface area contributed by atoms with Crippen molar-refractivity contribution in [2.24, 2.45) is 0 Å². The maximum absolute atomic E-state index is 11.8. The van der Waals surface area contributed by atoms with Gasteiger partial charge in [-0.05, 0) is 24.3 Å². The number of hydrogen-bond donors (Lipinski definition) is 2. The van der Waals surface area contributed by atoms with Crippen molar-refractivity contribution in [3.8, 4) is 11.5 Å². The van der Waals surface area contributed by atoms with E-state index in [0.29, 0.717) is 11.4 Å². The zero-order valence-corrected chi connectivity index (χ0v) is 11.9. The highest BCUT2D eigenvalue weighted by Gasteiger charge is 2.14. The summed E-state index contributed by atoms with van der Waals surface area (Å²) < 4.78 is 10.3. The fraction of sp³-hybridized carbons (Fsp3) is 0.125. The molecule has 6 heteroatoms. The Kier molecular flexibility index (Phi) is 4.98. The summed E-state index contributed by atoms with van der Waals surface area (Å²) in [4.78, 5) is 22.9. The Hall–Kier alpha value is -3.02. The van der Waals surface area contributed by atoms with E-state index in [1.165, 1.54) is 25.3 Å². The smallest absolute Gasteiger partial charge is 0.339 e. The normalized spacial score (nSPS) is 9.86. The van der Waals surface area contributed by atoms with Gasteiger partial charge in [-0.1, -0.05) is 18.2 Å². The topological polar surface area (TPSA) is 84.9 Å². The number of amides is 1. The standard InChI is InChI=1S/C16H15NO5/c1-21-12-7-8-13(16(19)20)14(9-12)22-10-15(18)17-11-5-3-2-4-6-11/h2-9H,10H2,1H3,(H,17,18)(H,19,20). The molecule has 0 unspecified atom stereocenters. The van der Waals surface area contributed by atoms with Crippen LogP contribution in [-0.2, 0) is 4.79 Å². The molecule has 0 bridgehead atoms. The van der Waals surface area contributed by atoms with Crippen LogP contribution in [0.25, 0.3) is 0 Å². The van der Waals surface area contributed by atoms with Crippen LogP contribution in [0.1, 0.15) is 10.4 Å². The van der Waals surface area contributed by atoms with Gasteiger partial charge in [0, 0.05) is 11.8 Å². The Morgan fingerprint density at radius 1 is 1.14 bits per heavy atom. The molecule has 0 atom stereocenters. The Bertz CT molecular complexity index is 669. The Labute approximate surface area is 127 Å². The van der Waals surface area contributed by atoms with Crippen molar-refractivity contribution >= 4 is 17.6 Å². The molecule has 0 saturated carbocycles. The molecule has 0 spiro atoms. The van der Waals surface area contributed by atoms with E-state index < -0.39 is 5.97 Å². The summed E-state index contributed by atoms with van der Waals surface area (Å²) in [5.74, 6) is -0.995. The largest absolute Gasteiger partial charge is 0.497 e. The number of carboxylic acid groups (broad SMARTS) is 1. The van der Waals surface area contributed by atoms with Crippen molar-refractivity contribution in [3.63, 3.8) is 0 Å². The Morgan fingerprint density at radius 3 is 2.50 bits per heavy atom. The number of para-hydroxylation sites is 1. The highest BCUT2D eigenvalue weighted by Crippen LogP contribution is 2.24. The van der Waals surface area contributed by atoms with Crippen LogP contribution in [0.15, 0.2) is 48.5 Å². The van der Waals surface area contributed by atoms with Gasteiger partial charge in [0.15, 0.2) is 6.61 Å². The fourth-order valence-electron chi connectivity index (χ4n) is 1.79. The number of ether oxygens (including phenoxy) is 2. The van der Waals surface area contributed by atoms with Gasteiger partial charge >= 0.3 is 5.97 Å². The second-order valence-corrected chi connectivity index (χ2v) is 4.37. The van der Waals surface area contributed by atoms with Crippen LogP contribution in [0.3, 0.4) is 0 Å². The first-order valence-corrected chi connectivity index (χ1v) is 6.49. The predicted octanol–water partition coefficient (Wildman–Crippen LogP) is 2.41. The lowest BCUT2D eigenvalue weighted by atomic mass is 10.2. The number of carbonyl (C=O) groups excluding carboxylic acids is 1. The van der Waals surface area contributed by atoms with Crippen LogP contribution < -0.4 is 14.8 Å². The van der Waals surface area contributed by atoms with E-state index in [1.807, 2.05) is 6.07 Å². The summed E-state index contributed by atoms with van der Waals surface area (Å²) in [6.07, 6.45) is 0. The molecule has 0 aromatic heterocycles. The SMILES string of the molecule is COc1ccc(C(=O)O)c(OCC(=O)Nc2ccccc2)c1. The molecule has 0 aliphatic heterocycles. The molecule has 0 aliphatic rings. The van der Waals surface area contributed by atoms with Crippen LogP contribution in [0.4, 0.5) is 5.69 Å². The summed E-state index contributed by atoms with van der Waals surface area (Å²) in [5, 5.41) is 11.8. The Balaban J connectivity index is 2.04. The highest BCUT2D eigenvalue weighted by atomic mass is 16.5. The van der Waals surface area contributed by atoms with Crippen LogP contribution in [0, 0.1) is 0 Å². The third-order valence-electron chi connectivity index (χ3n) is 2.84. The minimum absolute atomic E-state index is 0.0340. The van der Waals surface area contributed by atoms with Crippen molar-refractivity contribution in [1.82, 2.24) is 0 Å². The van der Waals surface area contributed by atoms with Gasteiger partial charge in [-0.3, -0.25) is 4.79 Å². The molecule has 2 N–H and O–H groups in total. The number of rotatable bonds is 6. The van der Waals surface area contributed by atoms with E-state index in [1.54, 1.807) is 24.3 Å². The molecule has 0 aliphatic carbocycles. The van der Waals surface area contributed by atoms with Gasteiger partial charge in [-0.15, -0.1) is 0 Å². The molecule has 6 nitrogen and oxygen atoms in total. The third kappa shape index (κ3) is 3.99. The lowest BCUT2D eigenvalue weighted by Crippen LogP contribution is -2.20. The van der Waals surface area contributed by atoms with Crippen LogP contribution in [0.5, 0.6) is 11.5 Å². The van der Waals surface area contributed by atoms with Crippen molar-refractivity contribution in [3.05, 3.63) is 54.1 Å². The van der Waals surface area contributed by atoms with Crippen molar-refractivity contribution in [1.29, 1.82) is 0 Å². The first-order valence-electron chi connectivity index (χ1n) is 6.49. The monoisotopic (exact) mass is 301 g/mol. The Morgan fingerprint density at radius 2 is 1.86 bits per heavy atom. The number of benzene rings is 2. The molecular weight excluding hydrogens is 286 g/mol. The lowest BCUT2D eigenvalue weighted by molar-refractivity contribution is -0.118. The summed E-state index contributed by atoms with van der Waals surface area (Å²) in [6, 6.07) is 13.2. The van der Waals surface area contributed by atoms with E-state index in [2.05, 4.69) is 5.32 Å². The average Bonchev–Trinajstić information content (AvgIpc) is 2.53. The summed E-state index contributed by atoms with van der Waals surface area (Å²) in [5.41, 5.74) is 0.605. The molecule has 114 valence electrons. The average molecular weight is 301 g/mol. The first kappa shape index (κ1) is 15.4. The number of hydrogen-bond acceptors (Lipinski definition) is 4. The minimum Gasteiger partial charge on any atom is -0.497 e. The van der Waals surface area contributed by atoms with Gasteiger partial charge in [0.25, 0.3) is 5.91 Å². The quantitative estimate of drug-likeness (QED) is 0.856. The van der Waals surface area contributed by atoms with Gasteiger partial charge in [-0.2, -0.15) is 0 Å². The number of aromatic carboxylic acids is 1. The molecule has 0 saturated heterocycles. The van der Waals surface area contributed by atoms with Gasteiger partial charge in [-0.25, -0.2) is 4.79 Å². The number of anilines is 1. The fourth-order valence-corrected chi connectivity index (χ4v) is 1.79.